The summed E-state index contributed by atoms with van der Waals surface area (Å²) in [5.74, 6) is 0.195. The summed E-state index contributed by atoms with van der Waals surface area (Å²) in [6, 6.07) is 16.3. The predicted molar refractivity (Wildman–Crippen MR) is 104 cm³/mol. The Hall–Kier alpha value is -2.40. The number of nitrogens with zero attached hydrogens (tertiary/aromatic N) is 2. The average Bonchev–Trinajstić information content (AvgIpc) is 2.94. The number of aryl methyl sites for hydroxylation is 1. The van der Waals surface area contributed by atoms with E-state index in [0.717, 1.165) is 52.0 Å². The second-order valence-electron chi connectivity index (χ2n) is 6.91. The molecule has 0 aliphatic carbocycles. The lowest BCUT2D eigenvalue weighted by Crippen LogP contribution is -2.38. The van der Waals surface area contributed by atoms with Crippen molar-refractivity contribution in [2.75, 3.05) is 39.3 Å². The van der Waals surface area contributed by atoms with Crippen molar-refractivity contribution in [3.05, 3.63) is 66.0 Å². The summed E-state index contributed by atoms with van der Waals surface area (Å²) < 4.78 is 18.4. The highest BCUT2D eigenvalue weighted by Crippen LogP contribution is 2.12. The van der Waals surface area contributed by atoms with E-state index >= 15 is 0 Å². The van der Waals surface area contributed by atoms with Crippen LogP contribution in [0.25, 0.3) is 0 Å². The van der Waals surface area contributed by atoms with Crippen molar-refractivity contribution >= 4 is 5.91 Å². The standard InChI is InChI=1S/C22H27FN2O2/c23-20-9-11-21(12-10-20)27-18-22(26)25-15-5-14-24(16-17-25)13-4-8-19-6-2-1-3-7-19/h1-3,6-7,9-12H,4-5,8,13-18H2. The number of hydrogen-bond donors (Lipinski definition) is 0. The van der Waals surface area contributed by atoms with Gasteiger partial charge in [-0.15, -0.1) is 0 Å². The highest BCUT2D eigenvalue weighted by atomic mass is 19.1. The van der Waals surface area contributed by atoms with E-state index in [4.69, 9.17) is 4.74 Å². The lowest BCUT2D eigenvalue weighted by molar-refractivity contribution is -0.133. The van der Waals surface area contributed by atoms with Gasteiger partial charge in [0.2, 0.25) is 0 Å². The monoisotopic (exact) mass is 370 g/mol. The van der Waals surface area contributed by atoms with Crippen LogP contribution in [0.3, 0.4) is 0 Å². The zero-order valence-electron chi connectivity index (χ0n) is 15.6. The fraction of sp³-hybridized carbons (Fsp3) is 0.409. The summed E-state index contributed by atoms with van der Waals surface area (Å²) in [7, 11) is 0. The van der Waals surface area contributed by atoms with E-state index in [0.29, 0.717) is 5.75 Å². The molecule has 0 aromatic heterocycles. The quantitative estimate of drug-likeness (QED) is 0.749. The van der Waals surface area contributed by atoms with E-state index in [-0.39, 0.29) is 18.3 Å². The van der Waals surface area contributed by atoms with Crippen molar-refractivity contribution < 1.29 is 13.9 Å². The highest BCUT2D eigenvalue weighted by molar-refractivity contribution is 5.77. The maximum atomic E-state index is 12.9. The molecule has 2 aromatic carbocycles. The van der Waals surface area contributed by atoms with Crippen LogP contribution < -0.4 is 4.74 Å². The van der Waals surface area contributed by atoms with Crippen LogP contribution in [0.5, 0.6) is 5.75 Å². The molecular weight excluding hydrogens is 343 g/mol. The van der Waals surface area contributed by atoms with Gasteiger partial charge in [0.05, 0.1) is 0 Å². The van der Waals surface area contributed by atoms with Gasteiger partial charge in [0.15, 0.2) is 6.61 Å². The minimum Gasteiger partial charge on any atom is -0.484 e. The molecule has 3 rings (SSSR count). The van der Waals surface area contributed by atoms with Crippen molar-refractivity contribution in [2.24, 2.45) is 0 Å². The zero-order chi connectivity index (χ0) is 18.9. The molecule has 27 heavy (non-hydrogen) atoms. The summed E-state index contributed by atoms with van der Waals surface area (Å²) in [5, 5.41) is 0. The van der Waals surface area contributed by atoms with Crippen LogP contribution in [0.1, 0.15) is 18.4 Å². The Morgan fingerprint density at radius 1 is 0.963 bits per heavy atom. The molecule has 5 heteroatoms. The van der Waals surface area contributed by atoms with Crippen molar-refractivity contribution in [1.82, 2.24) is 9.80 Å². The summed E-state index contributed by atoms with van der Waals surface area (Å²) in [5.41, 5.74) is 1.38. The van der Waals surface area contributed by atoms with Crippen LogP contribution in [0.2, 0.25) is 0 Å². The minimum absolute atomic E-state index is 0.000358. The third kappa shape index (κ3) is 6.36. The van der Waals surface area contributed by atoms with E-state index in [2.05, 4.69) is 29.2 Å². The maximum absolute atomic E-state index is 12.9. The van der Waals surface area contributed by atoms with Gasteiger partial charge in [-0.25, -0.2) is 4.39 Å². The van der Waals surface area contributed by atoms with Crippen LogP contribution in [0, 0.1) is 5.82 Å². The Morgan fingerprint density at radius 2 is 1.74 bits per heavy atom. The first-order valence-electron chi connectivity index (χ1n) is 9.63. The van der Waals surface area contributed by atoms with E-state index in [1.165, 1.54) is 17.7 Å². The van der Waals surface area contributed by atoms with Crippen molar-refractivity contribution in [3.63, 3.8) is 0 Å². The third-order valence-corrected chi connectivity index (χ3v) is 4.90. The molecule has 0 unspecified atom stereocenters. The second kappa shape index (κ2) is 10.1. The SMILES string of the molecule is O=C(COc1ccc(F)cc1)N1CCCN(CCCc2ccccc2)CC1. The van der Waals surface area contributed by atoms with Crippen molar-refractivity contribution in [2.45, 2.75) is 19.3 Å². The topological polar surface area (TPSA) is 32.8 Å². The number of benzene rings is 2. The second-order valence-corrected chi connectivity index (χ2v) is 6.91. The van der Waals surface area contributed by atoms with Gasteiger partial charge < -0.3 is 14.5 Å². The molecular formula is C22H27FN2O2. The highest BCUT2D eigenvalue weighted by Gasteiger charge is 2.19. The molecule has 1 fully saturated rings. The van der Waals surface area contributed by atoms with Gasteiger partial charge in [-0.3, -0.25) is 4.79 Å². The van der Waals surface area contributed by atoms with Gasteiger partial charge >= 0.3 is 0 Å². The molecule has 1 heterocycles. The number of ether oxygens (including phenoxy) is 1. The largest absolute Gasteiger partial charge is 0.484 e. The van der Waals surface area contributed by atoms with Crippen molar-refractivity contribution in [3.8, 4) is 5.75 Å². The number of halogens is 1. The first-order valence-corrected chi connectivity index (χ1v) is 9.63. The number of carbonyl (C=O) groups excluding carboxylic acids is 1. The molecule has 0 spiro atoms. The summed E-state index contributed by atoms with van der Waals surface area (Å²) in [4.78, 5) is 16.7. The molecule has 4 nitrogen and oxygen atoms in total. The molecule has 0 N–H and O–H groups in total. The molecule has 144 valence electrons. The number of carbonyl (C=O) groups is 1. The fourth-order valence-corrected chi connectivity index (χ4v) is 3.36. The van der Waals surface area contributed by atoms with E-state index in [1.807, 2.05) is 11.0 Å². The van der Waals surface area contributed by atoms with Crippen LogP contribution >= 0.6 is 0 Å². The van der Waals surface area contributed by atoms with E-state index in [9.17, 15) is 9.18 Å². The summed E-state index contributed by atoms with van der Waals surface area (Å²) in [6.07, 6.45) is 3.20. The average molecular weight is 370 g/mol. The number of rotatable bonds is 7. The molecule has 1 aliphatic heterocycles. The van der Waals surface area contributed by atoms with Gasteiger partial charge in [-0.05, 0) is 62.2 Å². The molecule has 0 radical (unpaired) electrons. The molecule has 0 bridgehead atoms. The van der Waals surface area contributed by atoms with Gasteiger partial charge in [-0.2, -0.15) is 0 Å². The van der Waals surface area contributed by atoms with Crippen molar-refractivity contribution in [1.29, 1.82) is 0 Å². The first kappa shape index (κ1) is 19.4. The molecule has 1 saturated heterocycles. The third-order valence-electron chi connectivity index (χ3n) is 4.90. The summed E-state index contributed by atoms with van der Waals surface area (Å²) in [6.45, 7) is 4.48. The van der Waals surface area contributed by atoms with Gasteiger partial charge in [0.1, 0.15) is 11.6 Å². The smallest absolute Gasteiger partial charge is 0.260 e. The first-order chi connectivity index (χ1) is 13.2. The lowest BCUT2D eigenvalue weighted by atomic mass is 10.1. The Kier molecular flexibility index (Phi) is 7.22. The van der Waals surface area contributed by atoms with Gasteiger partial charge in [0, 0.05) is 19.6 Å². The van der Waals surface area contributed by atoms with Crippen LogP contribution in [0.4, 0.5) is 4.39 Å². The zero-order valence-corrected chi connectivity index (χ0v) is 15.6. The van der Waals surface area contributed by atoms with Gasteiger partial charge in [-0.1, -0.05) is 30.3 Å². The van der Waals surface area contributed by atoms with Crippen LogP contribution in [0.15, 0.2) is 54.6 Å². The normalized spacial score (nSPS) is 15.4. The molecule has 0 atom stereocenters. The Labute approximate surface area is 160 Å². The Bertz CT molecular complexity index is 706. The van der Waals surface area contributed by atoms with Gasteiger partial charge in [0.25, 0.3) is 5.91 Å². The molecule has 0 saturated carbocycles. The Morgan fingerprint density at radius 3 is 2.52 bits per heavy atom. The number of amides is 1. The van der Waals surface area contributed by atoms with Crippen LogP contribution in [-0.4, -0.2) is 55.0 Å². The minimum atomic E-state index is -0.312. The molecule has 1 aliphatic rings. The van der Waals surface area contributed by atoms with E-state index in [1.54, 1.807) is 12.1 Å². The fourth-order valence-electron chi connectivity index (χ4n) is 3.36. The maximum Gasteiger partial charge on any atom is 0.260 e. The molecule has 1 amide bonds. The van der Waals surface area contributed by atoms with Crippen LogP contribution in [-0.2, 0) is 11.2 Å². The molecule has 2 aromatic rings. The Balaban J connectivity index is 1.38. The number of hydrogen-bond acceptors (Lipinski definition) is 3. The summed E-state index contributed by atoms with van der Waals surface area (Å²) >= 11 is 0. The predicted octanol–water partition coefficient (Wildman–Crippen LogP) is 3.37. The lowest BCUT2D eigenvalue weighted by Gasteiger charge is -2.22. The van der Waals surface area contributed by atoms with E-state index < -0.39 is 0 Å².